The molecule has 0 spiro atoms. The molecule has 2 heterocycles. The van der Waals surface area contributed by atoms with E-state index >= 15 is 0 Å². The predicted octanol–water partition coefficient (Wildman–Crippen LogP) is 0.242. The molecule has 0 aromatic carbocycles. The molecule has 1 aliphatic carbocycles. The monoisotopic (exact) mass is 380 g/mol. The van der Waals surface area contributed by atoms with E-state index in [2.05, 4.69) is 24.6 Å². The lowest BCUT2D eigenvalue weighted by atomic mass is 10.1. The molecule has 140 valence electrons. The Bertz CT molecular complexity index is 897. The van der Waals surface area contributed by atoms with Crippen LogP contribution in [0.25, 0.3) is 0 Å². The third-order valence-electron chi connectivity index (χ3n) is 4.25. The molecule has 2 aromatic rings. The Labute approximate surface area is 151 Å². The predicted molar refractivity (Wildman–Crippen MR) is 92.5 cm³/mol. The molecular weight excluding hydrogens is 360 g/mol. The number of aryl methyl sites for hydroxylation is 1. The molecule has 2 aromatic heterocycles. The van der Waals surface area contributed by atoms with E-state index in [0.29, 0.717) is 23.5 Å². The fourth-order valence-electron chi connectivity index (χ4n) is 3.03. The molecule has 11 heteroatoms. The molecule has 0 aliphatic heterocycles. The summed E-state index contributed by atoms with van der Waals surface area (Å²) in [4.78, 5) is 20.8. The van der Waals surface area contributed by atoms with Gasteiger partial charge in [-0.15, -0.1) is 0 Å². The van der Waals surface area contributed by atoms with Crippen LogP contribution < -0.4 is 10.5 Å². The number of hydrogen-bond donors (Lipinski definition) is 2. The van der Waals surface area contributed by atoms with Crippen molar-refractivity contribution < 1.29 is 17.4 Å². The van der Waals surface area contributed by atoms with E-state index in [1.54, 1.807) is 24.0 Å². The second kappa shape index (κ2) is 7.48. The third kappa shape index (κ3) is 4.62. The highest BCUT2D eigenvalue weighted by Crippen LogP contribution is 2.29. The van der Waals surface area contributed by atoms with Crippen molar-refractivity contribution >= 4 is 21.9 Å². The first kappa shape index (κ1) is 18.4. The topological polar surface area (TPSA) is 142 Å². The Morgan fingerprint density at radius 1 is 1.46 bits per heavy atom. The first-order chi connectivity index (χ1) is 12.3. The van der Waals surface area contributed by atoms with Gasteiger partial charge in [0.05, 0.1) is 12.2 Å². The molecule has 1 fully saturated rings. The molecule has 0 bridgehead atoms. The van der Waals surface area contributed by atoms with Crippen molar-refractivity contribution in [2.45, 2.75) is 25.3 Å². The van der Waals surface area contributed by atoms with E-state index in [-0.39, 0.29) is 24.3 Å². The molecule has 26 heavy (non-hydrogen) atoms. The number of carbonyl (C=O) groups is 1. The number of anilines is 1. The van der Waals surface area contributed by atoms with Gasteiger partial charge in [0.1, 0.15) is 17.8 Å². The summed E-state index contributed by atoms with van der Waals surface area (Å²) < 4.78 is 28.0. The van der Waals surface area contributed by atoms with Crippen LogP contribution in [0, 0.1) is 5.92 Å². The average molecular weight is 380 g/mol. The quantitative estimate of drug-likeness (QED) is 0.651. The standard InChI is InChI=1S/C15H20N6O4S/c1-21-5-4-13(20-21)14(22)12-7-17-9-18-15(12)19-11-3-2-10(6-11)8-25-26(16,23)24/h4-5,7,9-11H,2-3,6,8H2,1H3,(H2,16,23,24)(H,17,18,19). The maximum atomic E-state index is 12.6. The second-order valence-electron chi connectivity index (χ2n) is 6.29. The van der Waals surface area contributed by atoms with Crippen molar-refractivity contribution in [3.63, 3.8) is 0 Å². The minimum absolute atomic E-state index is 0.0502. The highest BCUT2D eigenvalue weighted by atomic mass is 32.2. The van der Waals surface area contributed by atoms with Gasteiger partial charge in [0.2, 0.25) is 5.78 Å². The number of carbonyl (C=O) groups excluding carboxylic acids is 1. The summed E-state index contributed by atoms with van der Waals surface area (Å²) in [5, 5.41) is 12.2. The first-order valence-electron chi connectivity index (χ1n) is 8.10. The highest BCUT2D eigenvalue weighted by molar-refractivity contribution is 7.84. The van der Waals surface area contributed by atoms with E-state index in [1.165, 1.54) is 12.5 Å². The van der Waals surface area contributed by atoms with Crippen LogP contribution in [0.2, 0.25) is 0 Å². The number of nitrogens with one attached hydrogen (secondary N) is 1. The Hall–Kier alpha value is -2.37. The van der Waals surface area contributed by atoms with Gasteiger partial charge in [0, 0.05) is 25.5 Å². The Kier molecular flexibility index (Phi) is 5.30. The van der Waals surface area contributed by atoms with Crippen molar-refractivity contribution in [1.82, 2.24) is 19.7 Å². The molecule has 1 saturated carbocycles. The van der Waals surface area contributed by atoms with Crippen LogP contribution in [-0.2, 0) is 21.5 Å². The Balaban J connectivity index is 1.67. The molecule has 2 atom stereocenters. The minimum Gasteiger partial charge on any atom is -0.367 e. The van der Waals surface area contributed by atoms with E-state index in [9.17, 15) is 13.2 Å². The van der Waals surface area contributed by atoms with Crippen LogP contribution in [-0.4, -0.2) is 46.6 Å². The molecule has 2 unspecified atom stereocenters. The molecule has 3 rings (SSSR count). The van der Waals surface area contributed by atoms with Gasteiger partial charge in [-0.25, -0.2) is 15.1 Å². The van der Waals surface area contributed by atoms with Crippen LogP contribution >= 0.6 is 0 Å². The lowest BCUT2D eigenvalue weighted by Gasteiger charge is -2.15. The van der Waals surface area contributed by atoms with Crippen LogP contribution in [0.3, 0.4) is 0 Å². The summed E-state index contributed by atoms with van der Waals surface area (Å²) in [7, 11) is -2.19. The van der Waals surface area contributed by atoms with Crippen LogP contribution in [0.15, 0.2) is 24.8 Å². The van der Waals surface area contributed by atoms with Crippen molar-refractivity contribution in [1.29, 1.82) is 0 Å². The number of ketones is 1. The summed E-state index contributed by atoms with van der Waals surface area (Å²) in [6, 6.07) is 1.68. The summed E-state index contributed by atoms with van der Waals surface area (Å²) in [5.74, 6) is 0.247. The molecule has 0 amide bonds. The Morgan fingerprint density at radius 3 is 2.96 bits per heavy atom. The zero-order chi connectivity index (χ0) is 18.7. The molecule has 3 N–H and O–H groups in total. The van der Waals surface area contributed by atoms with Gasteiger partial charge in [-0.2, -0.15) is 13.5 Å². The van der Waals surface area contributed by atoms with Crippen LogP contribution in [0.1, 0.15) is 35.3 Å². The number of rotatable bonds is 7. The van der Waals surface area contributed by atoms with E-state index in [4.69, 9.17) is 5.14 Å². The molecular formula is C15H20N6O4S. The number of nitrogens with two attached hydrogens (primary N) is 1. The average Bonchev–Trinajstić information content (AvgIpc) is 3.21. The van der Waals surface area contributed by atoms with Gasteiger partial charge < -0.3 is 5.32 Å². The van der Waals surface area contributed by atoms with Gasteiger partial charge in [-0.1, -0.05) is 0 Å². The largest absolute Gasteiger partial charge is 0.367 e. The Morgan fingerprint density at radius 2 is 2.27 bits per heavy atom. The number of hydrogen-bond acceptors (Lipinski definition) is 8. The van der Waals surface area contributed by atoms with Gasteiger partial charge >= 0.3 is 10.3 Å². The molecule has 0 radical (unpaired) electrons. The maximum Gasteiger partial charge on any atom is 0.333 e. The first-order valence-corrected chi connectivity index (χ1v) is 9.57. The SMILES string of the molecule is Cn1ccc(C(=O)c2cncnc2NC2CCC(COS(N)(=O)=O)C2)n1. The normalized spacial score (nSPS) is 20.2. The summed E-state index contributed by atoms with van der Waals surface area (Å²) in [6.07, 6.45) is 6.81. The lowest BCUT2D eigenvalue weighted by Crippen LogP contribution is -2.22. The number of nitrogens with zero attached hydrogens (tertiary/aromatic N) is 4. The van der Waals surface area contributed by atoms with Crippen molar-refractivity contribution in [3.05, 3.63) is 36.0 Å². The van der Waals surface area contributed by atoms with Crippen LogP contribution in [0.5, 0.6) is 0 Å². The maximum absolute atomic E-state index is 12.6. The van der Waals surface area contributed by atoms with Crippen LogP contribution in [0.4, 0.5) is 5.82 Å². The van der Waals surface area contributed by atoms with Gasteiger partial charge in [0.25, 0.3) is 0 Å². The fourth-order valence-corrected chi connectivity index (χ4v) is 3.41. The molecule has 1 aliphatic rings. The fraction of sp³-hybridized carbons (Fsp3) is 0.467. The third-order valence-corrected chi connectivity index (χ3v) is 4.72. The van der Waals surface area contributed by atoms with E-state index < -0.39 is 10.3 Å². The number of aromatic nitrogens is 4. The smallest absolute Gasteiger partial charge is 0.333 e. The zero-order valence-corrected chi connectivity index (χ0v) is 15.0. The van der Waals surface area contributed by atoms with E-state index in [0.717, 1.165) is 12.8 Å². The van der Waals surface area contributed by atoms with E-state index in [1.807, 2.05) is 0 Å². The van der Waals surface area contributed by atoms with Crippen molar-refractivity contribution in [2.24, 2.45) is 18.1 Å². The van der Waals surface area contributed by atoms with Gasteiger partial charge in [-0.05, 0) is 31.2 Å². The molecule has 0 saturated heterocycles. The summed E-state index contributed by atoms with van der Waals surface area (Å²) >= 11 is 0. The van der Waals surface area contributed by atoms with Crippen molar-refractivity contribution in [3.8, 4) is 0 Å². The van der Waals surface area contributed by atoms with Crippen molar-refractivity contribution in [2.75, 3.05) is 11.9 Å². The summed E-state index contributed by atoms with van der Waals surface area (Å²) in [6.45, 7) is 0.0561. The second-order valence-corrected chi connectivity index (χ2v) is 7.51. The van der Waals surface area contributed by atoms with Gasteiger partial charge in [0.15, 0.2) is 0 Å². The van der Waals surface area contributed by atoms with Gasteiger partial charge in [-0.3, -0.25) is 13.7 Å². The zero-order valence-electron chi connectivity index (χ0n) is 14.2. The lowest BCUT2D eigenvalue weighted by molar-refractivity contribution is 0.103. The summed E-state index contributed by atoms with van der Waals surface area (Å²) in [5.41, 5.74) is 0.659. The minimum atomic E-state index is -3.93. The molecule has 10 nitrogen and oxygen atoms in total. The highest BCUT2D eigenvalue weighted by Gasteiger charge is 2.27.